The lowest BCUT2D eigenvalue weighted by Crippen LogP contribution is -2.34. The maximum Gasteiger partial charge on any atom is 0.315 e. The quantitative estimate of drug-likeness (QED) is 0.686. The van der Waals surface area contributed by atoms with Crippen LogP contribution in [0.1, 0.15) is 11.3 Å². The molecule has 27 heavy (non-hydrogen) atoms. The SMILES string of the molecule is O=C(NCc1ccc2c(c1)OCO2)NCc1ccc(-c2ccc(Cl)cc2)o1. The summed E-state index contributed by atoms with van der Waals surface area (Å²) in [6.07, 6.45) is 0. The molecule has 0 unspecified atom stereocenters. The lowest BCUT2D eigenvalue weighted by molar-refractivity contribution is 0.174. The number of halogens is 1. The van der Waals surface area contributed by atoms with E-state index in [4.69, 9.17) is 25.5 Å². The summed E-state index contributed by atoms with van der Waals surface area (Å²) in [5.74, 6) is 2.81. The fourth-order valence-corrected chi connectivity index (χ4v) is 2.83. The van der Waals surface area contributed by atoms with E-state index >= 15 is 0 Å². The van der Waals surface area contributed by atoms with Crippen LogP contribution in [0.15, 0.2) is 59.0 Å². The van der Waals surface area contributed by atoms with Crippen molar-refractivity contribution >= 4 is 17.6 Å². The Morgan fingerprint density at radius 3 is 2.56 bits per heavy atom. The number of carbonyl (C=O) groups is 1. The van der Waals surface area contributed by atoms with Crippen LogP contribution in [0, 0.1) is 0 Å². The minimum absolute atomic E-state index is 0.230. The molecule has 7 heteroatoms. The van der Waals surface area contributed by atoms with Gasteiger partial charge in [0.2, 0.25) is 6.79 Å². The van der Waals surface area contributed by atoms with E-state index in [1.54, 1.807) is 12.1 Å². The molecule has 1 aliphatic rings. The van der Waals surface area contributed by atoms with Crippen molar-refractivity contribution in [3.05, 3.63) is 70.9 Å². The Kier molecular flexibility index (Phi) is 4.89. The van der Waals surface area contributed by atoms with Crippen LogP contribution in [0.4, 0.5) is 4.79 Å². The zero-order valence-corrected chi connectivity index (χ0v) is 15.1. The first-order valence-corrected chi connectivity index (χ1v) is 8.80. The van der Waals surface area contributed by atoms with Crippen molar-refractivity contribution in [2.75, 3.05) is 6.79 Å². The Bertz CT molecular complexity index is 953. The Hall–Kier alpha value is -3.12. The summed E-state index contributed by atoms with van der Waals surface area (Å²) in [6, 6.07) is 16.4. The predicted molar refractivity (Wildman–Crippen MR) is 101 cm³/mol. The molecule has 0 saturated carbocycles. The highest BCUT2D eigenvalue weighted by Crippen LogP contribution is 2.32. The number of nitrogens with one attached hydrogen (secondary N) is 2. The summed E-state index contributed by atoms with van der Waals surface area (Å²) in [7, 11) is 0. The van der Waals surface area contributed by atoms with Crippen LogP contribution in [-0.2, 0) is 13.1 Å². The van der Waals surface area contributed by atoms with Crippen LogP contribution < -0.4 is 20.1 Å². The van der Waals surface area contributed by atoms with Crippen molar-refractivity contribution < 1.29 is 18.7 Å². The zero-order valence-electron chi connectivity index (χ0n) is 14.3. The van der Waals surface area contributed by atoms with E-state index in [-0.39, 0.29) is 12.8 Å². The number of benzene rings is 2. The summed E-state index contributed by atoms with van der Waals surface area (Å²) in [6.45, 7) is 0.908. The molecule has 6 nitrogen and oxygen atoms in total. The molecule has 2 aromatic carbocycles. The summed E-state index contributed by atoms with van der Waals surface area (Å²) in [4.78, 5) is 12.0. The predicted octanol–water partition coefficient (Wildman–Crippen LogP) is 4.33. The second-order valence-corrected chi connectivity index (χ2v) is 6.43. The van der Waals surface area contributed by atoms with Gasteiger partial charge in [0.25, 0.3) is 0 Å². The van der Waals surface area contributed by atoms with Crippen molar-refractivity contribution in [1.29, 1.82) is 0 Å². The van der Waals surface area contributed by atoms with Gasteiger partial charge in [-0.2, -0.15) is 0 Å². The molecular weight excluding hydrogens is 368 g/mol. The van der Waals surface area contributed by atoms with Crippen molar-refractivity contribution in [2.24, 2.45) is 0 Å². The fourth-order valence-electron chi connectivity index (χ4n) is 2.71. The molecule has 138 valence electrons. The van der Waals surface area contributed by atoms with E-state index < -0.39 is 0 Å². The monoisotopic (exact) mass is 384 g/mol. The molecule has 1 aliphatic heterocycles. The molecule has 0 aliphatic carbocycles. The zero-order chi connectivity index (χ0) is 18.6. The third-order valence-electron chi connectivity index (χ3n) is 4.10. The van der Waals surface area contributed by atoms with Crippen molar-refractivity contribution in [1.82, 2.24) is 10.6 Å². The second kappa shape index (κ2) is 7.63. The van der Waals surface area contributed by atoms with E-state index in [0.29, 0.717) is 29.6 Å². The van der Waals surface area contributed by atoms with Gasteiger partial charge < -0.3 is 24.5 Å². The molecule has 2 N–H and O–H groups in total. The number of rotatable bonds is 5. The van der Waals surface area contributed by atoms with Crippen molar-refractivity contribution in [3.8, 4) is 22.8 Å². The average molecular weight is 385 g/mol. The molecule has 0 bridgehead atoms. The van der Waals surface area contributed by atoms with Gasteiger partial charge >= 0.3 is 6.03 Å². The van der Waals surface area contributed by atoms with Gasteiger partial charge in [0.05, 0.1) is 6.54 Å². The normalized spacial score (nSPS) is 12.0. The van der Waals surface area contributed by atoms with Crippen molar-refractivity contribution in [2.45, 2.75) is 13.1 Å². The van der Waals surface area contributed by atoms with Crippen LogP contribution in [0.3, 0.4) is 0 Å². The standard InChI is InChI=1S/C20H17ClN2O4/c21-15-4-2-14(3-5-15)17-8-6-16(27-17)11-23-20(24)22-10-13-1-7-18-19(9-13)26-12-25-18/h1-9H,10-12H2,(H2,22,23,24). The fraction of sp³-hybridized carbons (Fsp3) is 0.150. The van der Waals surface area contributed by atoms with Crippen LogP contribution in [-0.4, -0.2) is 12.8 Å². The summed E-state index contributed by atoms with van der Waals surface area (Å²) in [5, 5.41) is 6.25. The van der Waals surface area contributed by atoms with Gasteiger partial charge in [-0.1, -0.05) is 17.7 Å². The summed E-state index contributed by atoms with van der Waals surface area (Å²) >= 11 is 5.89. The van der Waals surface area contributed by atoms with Gasteiger partial charge in [-0.15, -0.1) is 0 Å². The molecule has 0 spiro atoms. The first-order valence-electron chi connectivity index (χ1n) is 8.42. The third kappa shape index (κ3) is 4.17. The Labute approximate surface area is 161 Å². The highest BCUT2D eigenvalue weighted by atomic mass is 35.5. The van der Waals surface area contributed by atoms with E-state index in [2.05, 4.69) is 10.6 Å². The highest BCUT2D eigenvalue weighted by molar-refractivity contribution is 6.30. The first-order chi connectivity index (χ1) is 13.2. The topological polar surface area (TPSA) is 72.7 Å². The largest absolute Gasteiger partial charge is 0.459 e. The summed E-state index contributed by atoms with van der Waals surface area (Å²) < 4.78 is 16.4. The summed E-state index contributed by atoms with van der Waals surface area (Å²) in [5.41, 5.74) is 1.86. The van der Waals surface area contributed by atoms with Gasteiger partial charge in [0.1, 0.15) is 11.5 Å². The van der Waals surface area contributed by atoms with E-state index in [0.717, 1.165) is 22.6 Å². The van der Waals surface area contributed by atoms with Crippen LogP contribution >= 0.6 is 11.6 Å². The van der Waals surface area contributed by atoms with Crippen molar-refractivity contribution in [3.63, 3.8) is 0 Å². The van der Waals surface area contributed by atoms with Gasteiger partial charge in [0, 0.05) is 17.1 Å². The Morgan fingerprint density at radius 2 is 1.70 bits per heavy atom. The molecule has 0 radical (unpaired) electrons. The minimum Gasteiger partial charge on any atom is -0.459 e. The number of fused-ring (bicyclic) bond motifs is 1. The number of hydrogen-bond acceptors (Lipinski definition) is 4. The Morgan fingerprint density at radius 1 is 0.926 bits per heavy atom. The second-order valence-electron chi connectivity index (χ2n) is 6.00. The molecule has 0 atom stereocenters. The maximum atomic E-state index is 12.0. The van der Waals surface area contributed by atoms with Gasteiger partial charge in [0.15, 0.2) is 11.5 Å². The van der Waals surface area contributed by atoms with Gasteiger partial charge in [-0.3, -0.25) is 0 Å². The van der Waals surface area contributed by atoms with E-state index in [9.17, 15) is 4.79 Å². The molecular formula is C20H17ClN2O4. The lowest BCUT2D eigenvalue weighted by Gasteiger charge is -2.07. The molecule has 2 heterocycles. The number of ether oxygens (including phenoxy) is 2. The number of urea groups is 1. The molecule has 3 aromatic rings. The van der Waals surface area contributed by atoms with E-state index in [1.807, 2.05) is 42.5 Å². The first kappa shape index (κ1) is 17.3. The van der Waals surface area contributed by atoms with Gasteiger partial charge in [-0.05, 0) is 54.1 Å². The number of furan rings is 1. The number of amides is 2. The molecule has 4 rings (SSSR count). The number of carbonyl (C=O) groups excluding carboxylic acids is 1. The van der Waals surface area contributed by atoms with Gasteiger partial charge in [-0.25, -0.2) is 4.79 Å². The molecule has 0 saturated heterocycles. The third-order valence-corrected chi connectivity index (χ3v) is 4.36. The maximum absolute atomic E-state index is 12.0. The smallest absolute Gasteiger partial charge is 0.315 e. The van der Waals surface area contributed by atoms with Crippen LogP contribution in [0.25, 0.3) is 11.3 Å². The van der Waals surface area contributed by atoms with Crippen LogP contribution in [0.2, 0.25) is 5.02 Å². The molecule has 2 amide bonds. The highest BCUT2D eigenvalue weighted by Gasteiger charge is 2.13. The van der Waals surface area contributed by atoms with E-state index in [1.165, 1.54) is 0 Å². The minimum atomic E-state index is -0.280. The average Bonchev–Trinajstić information content (AvgIpc) is 3.34. The lowest BCUT2D eigenvalue weighted by atomic mass is 10.2. The number of hydrogen-bond donors (Lipinski definition) is 2. The van der Waals surface area contributed by atoms with Crippen LogP contribution in [0.5, 0.6) is 11.5 Å². The molecule has 1 aromatic heterocycles. The Balaban J connectivity index is 1.27. The molecule has 0 fully saturated rings.